The lowest BCUT2D eigenvalue weighted by Gasteiger charge is -2.23. The van der Waals surface area contributed by atoms with Crippen molar-refractivity contribution in [3.63, 3.8) is 0 Å². The topological polar surface area (TPSA) is 95.3 Å². The Hall–Kier alpha value is -3.85. The van der Waals surface area contributed by atoms with E-state index in [2.05, 4.69) is 30.1 Å². The molecule has 0 atom stereocenters. The summed E-state index contributed by atoms with van der Waals surface area (Å²) < 4.78 is 20.1. The summed E-state index contributed by atoms with van der Waals surface area (Å²) in [4.78, 5) is 15.9. The number of nitrogens with zero attached hydrogens (tertiary/aromatic N) is 4. The van der Waals surface area contributed by atoms with Crippen molar-refractivity contribution in [1.29, 1.82) is 0 Å². The van der Waals surface area contributed by atoms with Gasteiger partial charge in [0.25, 0.3) is 0 Å². The van der Waals surface area contributed by atoms with E-state index in [9.17, 15) is 4.39 Å². The molecule has 4 aromatic rings. The highest BCUT2D eigenvalue weighted by atomic mass is 19.1. The summed E-state index contributed by atoms with van der Waals surface area (Å²) in [5.41, 5.74) is 10.2. The molecule has 0 radical (unpaired) electrons. The van der Waals surface area contributed by atoms with Crippen molar-refractivity contribution < 1.29 is 9.13 Å². The van der Waals surface area contributed by atoms with Gasteiger partial charge in [-0.25, -0.2) is 14.4 Å². The Morgan fingerprint density at radius 3 is 2.70 bits per heavy atom. The summed E-state index contributed by atoms with van der Waals surface area (Å²) in [7, 11) is 7.68. The summed E-state index contributed by atoms with van der Waals surface area (Å²) in [5, 5.41) is 3.94. The highest BCUT2D eigenvalue weighted by Gasteiger charge is 2.16. The number of nitrogens with two attached hydrogens (primary N) is 1. The zero-order valence-corrected chi connectivity index (χ0v) is 19.2. The Morgan fingerprint density at radius 2 is 1.97 bits per heavy atom. The Labute approximate surface area is 192 Å². The summed E-state index contributed by atoms with van der Waals surface area (Å²) in [6.07, 6.45) is 2.88. The maximum atomic E-state index is 14.7. The van der Waals surface area contributed by atoms with Gasteiger partial charge in [-0.2, -0.15) is 0 Å². The van der Waals surface area contributed by atoms with Gasteiger partial charge in [0, 0.05) is 43.0 Å². The van der Waals surface area contributed by atoms with Crippen LogP contribution >= 0.6 is 0 Å². The van der Waals surface area contributed by atoms with E-state index in [0.717, 1.165) is 41.6 Å². The van der Waals surface area contributed by atoms with Crippen molar-refractivity contribution in [3.8, 4) is 17.0 Å². The van der Waals surface area contributed by atoms with Gasteiger partial charge >= 0.3 is 0 Å². The predicted molar refractivity (Wildman–Crippen MR) is 132 cm³/mol. The van der Waals surface area contributed by atoms with Crippen molar-refractivity contribution in [2.75, 3.05) is 57.3 Å². The van der Waals surface area contributed by atoms with E-state index in [1.807, 2.05) is 57.5 Å². The van der Waals surface area contributed by atoms with Crippen molar-refractivity contribution in [1.82, 2.24) is 19.9 Å². The third-order valence-corrected chi connectivity index (χ3v) is 5.47. The third kappa shape index (κ3) is 4.68. The normalized spacial score (nSPS) is 11.2. The molecule has 0 amide bonds. The lowest BCUT2D eigenvalue weighted by Crippen LogP contribution is -2.28. The number of aromatic amines is 1. The van der Waals surface area contributed by atoms with Crippen molar-refractivity contribution in [3.05, 3.63) is 54.6 Å². The van der Waals surface area contributed by atoms with Crippen LogP contribution in [-0.2, 0) is 0 Å². The number of para-hydroxylation sites is 1. The van der Waals surface area contributed by atoms with E-state index in [-0.39, 0.29) is 11.6 Å². The molecule has 8 nitrogen and oxygen atoms in total. The van der Waals surface area contributed by atoms with Gasteiger partial charge in [0.15, 0.2) is 5.82 Å². The Bertz CT molecular complexity index is 1270. The number of hydrogen-bond acceptors (Lipinski definition) is 7. The van der Waals surface area contributed by atoms with Crippen LogP contribution in [0, 0.1) is 5.82 Å². The summed E-state index contributed by atoms with van der Waals surface area (Å²) >= 11 is 0. The minimum Gasteiger partial charge on any atom is -0.495 e. The molecule has 0 saturated carbocycles. The van der Waals surface area contributed by atoms with Gasteiger partial charge in [0.1, 0.15) is 11.4 Å². The number of likely N-dealkylation sites (N-methyl/N-ethyl adjacent to an activating group) is 2. The molecule has 0 fully saturated rings. The largest absolute Gasteiger partial charge is 0.495 e. The number of halogens is 1. The highest BCUT2D eigenvalue weighted by Crippen LogP contribution is 2.34. The fourth-order valence-corrected chi connectivity index (χ4v) is 3.69. The first-order chi connectivity index (χ1) is 15.9. The van der Waals surface area contributed by atoms with E-state index >= 15 is 0 Å². The minimum absolute atomic E-state index is 0.194. The number of H-pyrrole nitrogens is 1. The van der Waals surface area contributed by atoms with E-state index < -0.39 is 5.82 Å². The first kappa shape index (κ1) is 22.3. The molecule has 172 valence electrons. The molecule has 9 heteroatoms. The Kier molecular flexibility index (Phi) is 6.32. The van der Waals surface area contributed by atoms with E-state index in [1.165, 1.54) is 0 Å². The predicted octanol–water partition coefficient (Wildman–Crippen LogP) is 4.10. The molecule has 0 aliphatic heterocycles. The van der Waals surface area contributed by atoms with Crippen LogP contribution in [-0.4, -0.2) is 61.2 Å². The molecular weight excluding hydrogens is 421 g/mol. The van der Waals surface area contributed by atoms with Gasteiger partial charge in [-0.3, -0.25) is 0 Å². The average molecular weight is 450 g/mol. The van der Waals surface area contributed by atoms with Crippen LogP contribution in [0.25, 0.3) is 22.2 Å². The second-order valence-electron chi connectivity index (χ2n) is 8.10. The van der Waals surface area contributed by atoms with Gasteiger partial charge in [0.2, 0.25) is 5.95 Å². The maximum Gasteiger partial charge on any atom is 0.227 e. The van der Waals surface area contributed by atoms with Crippen LogP contribution in [0.4, 0.5) is 27.4 Å². The molecule has 4 N–H and O–H groups in total. The number of benzene rings is 2. The molecule has 0 saturated heterocycles. The van der Waals surface area contributed by atoms with Crippen LogP contribution in [0.15, 0.2) is 48.8 Å². The second-order valence-corrected chi connectivity index (χ2v) is 8.10. The van der Waals surface area contributed by atoms with Crippen molar-refractivity contribution in [2.45, 2.75) is 0 Å². The smallest absolute Gasteiger partial charge is 0.227 e. The second kappa shape index (κ2) is 9.33. The zero-order chi connectivity index (χ0) is 23.5. The summed E-state index contributed by atoms with van der Waals surface area (Å²) in [6, 6.07) is 11.3. The molecule has 0 aliphatic rings. The number of anilines is 4. The molecule has 0 unspecified atom stereocenters. The molecule has 0 bridgehead atoms. The number of aromatic nitrogens is 3. The third-order valence-electron chi connectivity index (χ3n) is 5.47. The quantitative estimate of drug-likeness (QED) is 0.349. The van der Waals surface area contributed by atoms with Crippen LogP contribution in [0.5, 0.6) is 5.75 Å². The number of nitrogens with one attached hydrogen (secondary N) is 2. The van der Waals surface area contributed by atoms with Crippen LogP contribution in [0.1, 0.15) is 0 Å². The van der Waals surface area contributed by atoms with Crippen LogP contribution < -0.4 is 20.7 Å². The lowest BCUT2D eigenvalue weighted by atomic mass is 10.1. The number of nitrogen functional groups attached to an aromatic ring is 1. The monoisotopic (exact) mass is 449 g/mol. The Morgan fingerprint density at radius 1 is 1.15 bits per heavy atom. The fraction of sp³-hybridized carbons (Fsp3) is 0.250. The number of ether oxygens (including phenoxy) is 1. The van der Waals surface area contributed by atoms with Crippen LogP contribution in [0.2, 0.25) is 0 Å². The van der Waals surface area contributed by atoms with Gasteiger partial charge < -0.3 is 30.6 Å². The van der Waals surface area contributed by atoms with Gasteiger partial charge in [-0.05, 0) is 38.4 Å². The van der Waals surface area contributed by atoms with E-state index in [4.69, 9.17) is 10.5 Å². The van der Waals surface area contributed by atoms with Gasteiger partial charge in [-0.15, -0.1) is 0 Å². The molecule has 0 spiro atoms. The van der Waals surface area contributed by atoms with E-state index in [1.54, 1.807) is 13.3 Å². The fourth-order valence-electron chi connectivity index (χ4n) is 3.69. The first-order valence-corrected chi connectivity index (χ1v) is 10.6. The molecule has 2 aromatic heterocycles. The molecular formula is C24H28FN7O. The maximum absolute atomic E-state index is 14.7. The van der Waals surface area contributed by atoms with Crippen LogP contribution in [0.3, 0.4) is 0 Å². The average Bonchev–Trinajstić information content (AvgIpc) is 3.23. The minimum atomic E-state index is -0.512. The molecule has 2 aromatic carbocycles. The zero-order valence-electron chi connectivity index (χ0n) is 19.2. The van der Waals surface area contributed by atoms with Gasteiger partial charge in [-0.1, -0.05) is 12.1 Å². The molecule has 33 heavy (non-hydrogen) atoms. The summed E-state index contributed by atoms with van der Waals surface area (Å²) in [5.74, 6) is 0.441. The number of hydrogen-bond donors (Lipinski definition) is 3. The first-order valence-electron chi connectivity index (χ1n) is 10.6. The van der Waals surface area contributed by atoms with E-state index in [0.29, 0.717) is 17.0 Å². The number of fused-ring (bicyclic) bond motifs is 1. The SMILES string of the molecule is COc1cccc2c(-c3nc(Nc4ccc(N(C)CCN(C)C)c(N)c4)ncc3F)c[nH]c12. The highest BCUT2D eigenvalue weighted by molar-refractivity contribution is 5.98. The van der Waals surface area contributed by atoms with Crippen molar-refractivity contribution >= 4 is 33.9 Å². The summed E-state index contributed by atoms with van der Waals surface area (Å²) in [6.45, 7) is 1.77. The molecule has 2 heterocycles. The number of rotatable bonds is 8. The standard InChI is InChI=1S/C24H28FN7O/c1-31(2)10-11-32(3)20-9-8-15(12-19(20)26)29-24-28-14-18(25)22(30-24)17-13-27-23-16(17)6-5-7-21(23)33-4/h5-9,12-14,27H,10-11,26H2,1-4H3,(H,28,29,30). The molecule has 0 aliphatic carbocycles. The van der Waals surface area contributed by atoms with Crippen molar-refractivity contribution in [2.24, 2.45) is 0 Å². The number of methoxy groups -OCH3 is 1. The molecule has 4 rings (SSSR count). The lowest BCUT2D eigenvalue weighted by molar-refractivity contribution is 0.416. The van der Waals surface area contributed by atoms with Gasteiger partial charge in [0.05, 0.1) is 30.2 Å². The Balaban J connectivity index is 1.60.